The van der Waals surface area contributed by atoms with Crippen molar-refractivity contribution >= 4 is 28.6 Å². The zero-order valence-electron chi connectivity index (χ0n) is 6.90. The lowest BCUT2D eigenvalue weighted by atomic mass is 9.99. The van der Waals surface area contributed by atoms with Crippen molar-refractivity contribution in [3.8, 4) is 0 Å². The first-order chi connectivity index (χ1) is 6.07. The summed E-state index contributed by atoms with van der Waals surface area (Å²) in [5, 5.41) is 18.7. The van der Waals surface area contributed by atoms with Crippen molar-refractivity contribution < 1.29 is 19.7 Å². The second-order valence-corrected chi connectivity index (χ2v) is 3.71. The van der Waals surface area contributed by atoms with E-state index in [1.165, 1.54) is 13.2 Å². The molecule has 13 heavy (non-hydrogen) atoms. The van der Waals surface area contributed by atoms with Gasteiger partial charge < -0.3 is 14.9 Å². The molecule has 0 radical (unpaired) electrons. The first kappa shape index (κ1) is 10.7. The third-order valence-corrected chi connectivity index (χ3v) is 2.66. The highest BCUT2D eigenvalue weighted by Gasteiger charge is 2.29. The van der Waals surface area contributed by atoms with Gasteiger partial charge in [-0.25, -0.2) is 4.79 Å². The Bertz CT molecular complexity index is 282. The van der Waals surface area contributed by atoms with Crippen LogP contribution in [0.25, 0.3) is 0 Å². The molecule has 2 atom stereocenters. The van der Waals surface area contributed by atoms with E-state index >= 15 is 0 Å². The molecule has 72 valence electrons. The molecule has 0 spiro atoms. The van der Waals surface area contributed by atoms with Crippen LogP contribution >= 0.6 is 22.6 Å². The summed E-state index contributed by atoms with van der Waals surface area (Å²) < 4.78 is 5.06. The number of allylic oxidation sites excluding steroid dienone is 2. The minimum absolute atomic E-state index is 0.109. The quantitative estimate of drug-likeness (QED) is 0.533. The Labute approximate surface area is 89.0 Å². The van der Waals surface area contributed by atoms with Crippen molar-refractivity contribution in [1.82, 2.24) is 0 Å². The fourth-order valence-electron chi connectivity index (χ4n) is 1.02. The van der Waals surface area contributed by atoms with Gasteiger partial charge >= 0.3 is 5.97 Å². The van der Waals surface area contributed by atoms with E-state index in [1.54, 1.807) is 6.08 Å². The predicted molar refractivity (Wildman–Crippen MR) is 54.2 cm³/mol. The maximum atomic E-state index is 11.1. The van der Waals surface area contributed by atoms with E-state index < -0.39 is 18.2 Å². The highest BCUT2D eigenvalue weighted by Crippen LogP contribution is 2.25. The molecule has 0 fully saturated rings. The van der Waals surface area contributed by atoms with E-state index in [4.69, 9.17) is 0 Å². The molecule has 1 aliphatic carbocycles. The van der Waals surface area contributed by atoms with Crippen LogP contribution in [0.1, 0.15) is 0 Å². The minimum atomic E-state index is -1.19. The van der Waals surface area contributed by atoms with Crippen molar-refractivity contribution in [3.05, 3.63) is 21.3 Å². The molecule has 0 unspecified atom stereocenters. The summed E-state index contributed by atoms with van der Waals surface area (Å²) in [4.78, 5) is 11.1. The Balaban J connectivity index is 3.02. The van der Waals surface area contributed by atoms with Crippen LogP contribution in [-0.2, 0) is 9.53 Å². The molecular formula is C8H9IO4. The lowest BCUT2D eigenvalue weighted by molar-refractivity contribution is -0.137. The summed E-state index contributed by atoms with van der Waals surface area (Å²) in [6.45, 7) is 0. The third kappa shape index (κ3) is 2.09. The van der Waals surface area contributed by atoms with E-state index in [1.807, 2.05) is 22.6 Å². The highest BCUT2D eigenvalue weighted by molar-refractivity contribution is 14.1. The molecule has 0 amide bonds. The van der Waals surface area contributed by atoms with Crippen LogP contribution in [0.3, 0.4) is 0 Å². The predicted octanol–water partition coefficient (Wildman–Crippen LogP) is 0.140. The Kier molecular flexibility index (Phi) is 3.46. The zero-order valence-corrected chi connectivity index (χ0v) is 9.06. The average molecular weight is 296 g/mol. The first-order valence-electron chi connectivity index (χ1n) is 3.60. The van der Waals surface area contributed by atoms with Crippen molar-refractivity contribution in [3.63, 3.8) is 0 Å². The lowest BCUT2D eigenvalue weighted by Crippen LogP contribution is -2.32. The number of methoxy groups -OCH3 is 1. The molecule has 0 bridgehead atoms. The van der Waals surface area contributed by atoms with Crippen LogP contribution in [0, 0.1) is 0 Å². The first-order valence-corrected chi connectivity index (χ1v) is 4.68. The number of rotatable bonds is 1. The fraction of sp³-hybridized carbons (Fsp3) is 0.375. The topological polar surface area (TPSA) is 66.8 Å². The standard InChI is InChI=1S/C8H9IO4/c1-13-8(12)6-4(9)2-3-5(10)7(6)11/h2-3,5,7,10-11H,1H3/t5-,7-/m0/s1. The molecule has 0 saturated carbocycles. The van der Waals surface area contributed by atoms with Crippen LogP contribution in [0.2, 0.25) is 0 Å². The summed E-state index contributed by atoms with van der Waals surface area (Å²) in [6, 6.07) is 0. The van der Waals surface area contributed by atoms with Gasteiger partial charge in [0.1, 0.15) is 12.2 Å². The normalized spacial score (nSPS) is 27.7. The van der Waals surface area contributed by atoms with Crippen molar-refractivity contribution in [2.24, 2.45) is 0 Å². The minimum Gasteiger partial charge on any atom is -0.466 e. The molecule has 0 aromatic rings. The molecule has 1 rings (SSSR count). The molecule has 0 aromatic carbocycles. The van der Waals surface area contributed by atoms with Gasteiger partial charge in [0.25, 0.3) is 0 Å². The molecule has 2 N–H and O–H groups in total. The second kappa shape index (κ2) is 4.21. The number of carbonyl (C=O) groups is 1. The Morgan fingerprint density at radius 3 is 2.77 bits per heavy atom. The monoisotopic (exact) mass is 296 g/mol. The number of hydrogen-bond acceptors (Lipinski definition) is 4. The summed E-state index contributed by atoms with van der Waals surface area (Å²) >= 11 is 1.90. The van der Waals surface area contributed by atoms with Crippen molar-refractivity contribution in [2.45, 2.75) is 12.2 Å². The molecule has 4 nitrogen and oxygen atoms in total. The van der Waals surface area contributed by atoms with Crippen LogP contribution < -0.4 is 0 Å². The molecule has 0 aromatic heterocycles. The van der Waals surface area contributed by atoms with Crippen LogP contribution in [0.15, 0.2) is 21.3 Å². The number of carbonyl (C=O) groups excluding carboxylic acids is 1. The number of hydrogen-bond donors (Lipinski definition) is 2. The van der Waals surface area contributed by atoms with Gasteiger partial charge in [0, 0.05) is 3.58 Å². The maximum absolute atomic E-state index is 11.1. The molecule has 1 aliphatic rings. The SMILES string of the molecule is COC(=O)C1=C(I)C=C[C@H](O)[C@@H]1O. The van der Waals surface area contributed by atoms with E-state index in [-0.39, 0.29) is 5.57 Å². The molecule has 0 heterocycles. The molecule has 0 saturated heterocycles. The Hall–Kier alpha value is -0.400. The number of ether oxygens (including phenoxy) is 1. The van der Waals surface area contributed by atoms with Gasteiger partial charge in [-0.1, -0.05) is 6.08 Å². The van der Waals surface area contributed by atoms with E-state index in [9.17, 15) is 15.0 Å². The van der Waals surface area contributed by atoms with E-state index in [0.29, 0.717) is 3.58 Å². The number of aliphatic hydroxyl groups is 2. The van der Waals surface area contributed by atoms with Crippen LogP contribution in [0.5, 0.6) is 0 Å². The van der Waals surface area contributed by atoms with Crippen LogP contribution in [-0.4, -0.2) is 35.5 Å². The average Bonchev–Trinajstić information content (AvgIpc) is 2.12. The Morgan fingerprint density at radius 2 is 2.23 bits per heavy atom. The van der Waals surface area contributed by atoms with Gasteiger partial charge in [-0.05, 0) is 28.7 Å². The van der Waals surface area contributed by atoms with Crippen molar-refractivity contribution in [1.29, 1.82) is 0 Å². The molecule has 0 aliphatic heterocycles. The maximum Gasteiger partial charge on any atom is 0.337 e. The molecular weight excluding hydrogens is 287 g/mol. The fourth-order valence-corrected chi connectivity index (χ4v) is 1.77. The zero-order chi connectivity index (χ0) is 10.0. The highest BCUT2D eigenvalue weighted by atomic mass is 127. The van der Waals surface area contributed by atoms with Gasteiger partial charge in [-0.2, -0.15) is 0 Å². The van der Waals surface area contributed by atoms with Gasteiger partial charge in [-0.3, -0.25) is 0 Å². The lowest BCUT2D eigenvalue weighted by Gasteiger charge is -2.21. The number of halogens is 1. The summed E-state index contributed by atoms with van der Waals surface area (Å²) in [5.41, 5.74) is 0.109. The number of aliphatic hydroxyl groups excluding tert-OH is 2. The largest absolute Gasteiger partial charge is 0.466 e. The van der Waals surface area contributed by atoms with E-state index in [0.717, 1.165) is 0 Å². The van der Waals surface area contributed by atoms with Gasteiger partial charge in [0.2, 0.25) is 0 Å². The third-order valence-electron chi connectivity index (χ3n) is 1.72. The summed E-state index contributed by atoms with van der Waals surface area (Å²) in [7, 11) is 1.23. The second-order valence-electron chi connectivity index (χ2n) is 2.55. The number of esters is 1. The summed E-state index contributed by atoms with van der Waals surface area (Å²) in [6.07, 6.45) is 0.778. The van der Waals surface area contributed by atoms with Gasteiger partial charge in [0.05, 0.1) is 12.7 Å². The Morgan fingerprint density at radius 1 is 1.62 bits per heavy atom. The van der Waals surface area contributed by atoms with Crippen LogP contribution in [0.4, 0.5) is 0 Å². The van der Waals surface area contributed by atoms with Crippen molar-refractivity contribution in [2.75, 3.05) is 7.11 Å². The van der Waals surface area contributed by atoms with E-state index in [2.05, 4.69) is 4.74 Å². The summed E-state index contributed by atoms with van der Waals surface area (Å²) in [5.74, 6) is -0.611. The molecule has 5 heteroatoms. The smallest absolute Gasteiger partial charge is 0.337 e. The van der Waals surface area contributed by atoms with Gasteiger partial charge in [0.15, 0.2) is 0 Å². The van der Waals surface area contributed by atoms with Gasteiger partial charge in [-0.15, -0.1) is 0 Å².